The van der Waals surface area contributed by atoms with E-state index in [1.54, 1.807) is 18.2 Å². The van der Waals surface area contributed by atoms with Crippen molar-refractivity contribution in [3.63, 3.8) is 0 Å². The highest BCUT2D eigenvalue weighted by atomic mass is 19.1. The molecule has 3 rings (SSSR count). The number of amides is 2. The van der Waals surface area contributed by atoms with Gasteiger partial charge < -0.3 is 10.6 Å². The second kappa shape index (κ2) is 8.63. The molecule has 2 N–H and O–H groups in total. The van der Waals surface area contributed by atoms with Crippen LogP contribution < -0.4 is 16.2 Å². The maximum atomic E-state index is 13.1. The highest BCUT2D eigenvalue weighted by Gasteiger charge is 2.15. The van der Waals surface area contributed by atoms with Crippen LogP contribution in [0.5, 0.6) is 0 Å². The van der Waals surface area contributed by atoms with Crippen LogP contribution in [0, 0.1) is 18.2 Å². The van der Waals surface area contributed by atoms with Crippen molar-refractivity contribution >= 4 is 17.5 Å². The van der Waals surface area contributed by atoms with Gasteiger partial charge >= 0.3 is 0 Å². The Labute approximate surface area is 165 Å². The number of hydrogen-bond donors (Lipinski definition) is 2. The molecular formula is C21H15FN4O3. The lowest BCUT2D eigenvalue weighted by Gasteiger charge is -2.11. The Morgan fingerprint density at radius 3 is 2.48 bits per heavy atom. The number of carbonyl (C=O) groups excluding carboxylic acids is 2. The Morgan fingerprint density at radius 1 is 1.03 bits per heavy atom. The van der Waals surface area contributed by atoms with E-state index in [-0.39, 0.29) is 23.5 Å². The number of benzene rings is 2. The monoisotopic (exact) mass is 390 g/mol. The lowest BCUT2D eigenvalue weighted by Crippen LogP contribution is -2.27. The lowest BCUT2D eigenvalue weighted by molar-refractivity contribution is 0.0959. The van der Waals surface area contributed by atoms with Gasteiger partial charge in [-0.15, -0.1) is 6.42 Å². The summed E-state index contributed by atoms with van der Waals surface area (Å²) in [5.74, 6) is 0.769. The minimum Gasteiger partial charge on any atom is -0.341 e. The number of terminal acetylenes is 1. The number of para-hydroxylation sites is 1. The Hall–Kier alpha value is -4.25. The summed E-state index contributed by atoms with van der Waals surface area (Å²) in [5.41, 5.74) is 0.242. The number of hydrogen-bond acceptors (Lipinski definition) is 4. The predicted molar refractivity (Wildman–Crippen MR) is 105 cm³/mol. The molecule has 8 heteroatoms. The topological polar surface area (TPSA) is 93.1 Å². The van der Waals surface area contributed by atoms with E-state index >= 15 is 0 Å². The molecule has 0 saturated heterocycles. The molecule has 0 bridgehead atoms. The lowest BCUT2D eigenvalue weighted by atomic mass is 10.1. The molecule has 0 fully saturated rings. The molecule has 0 spiro atoms. The van der Waals surface area contributed by atoms with Crippen molar-refractivity contribution in [3.05, 3.63) is 88.1 Å². The molecule has 0 unspecified atom stereocenters. The highest BCUT2D eigenvalue weighted by Crippen LogP contribution is 2.16. The molecule has 1 heterocycles. The Morgan fingerprint density at radius 2 is 1.76 bits per heavy atom. The van der Waals surface area contributed by atoms with Gasteiger partial charge in [0, 0.05) is 6.07 Å². The zero-order valence-electron chi connectivity index (χ0n) is 15.1. The summed E-state index contributed by atoms with van der Waals surface area (Å²) in [4.78, 5) is 36.9. The molecule has 0 atom stereocenters. The third-order valence-corrected chi connectivity index (χ3v) is 3.88. The minimum absolute atomic E-state index is 0.0469. The normalized spacial score (nSPS) is 10.1. The summed E-state index contributed by atoms with van der Waals surface area (Å²) < 4.78 is 14.1. The second-order valence-corrected chi connectivity index (χ2v) is 5.83. The van der Waals surface area contributed by atoms with Crippen LogP contribution in [-0.2, 0) is 0 Å². The molecule has 0 radical (unpaired) electrons. The van der Waals surface area contributed by atoms with Gasteiger partial charge in [-0.05, 0) is 42.5 Å². The van der Waals surface area contributed by atoms with Crippen LogP contribution in [0.15, 0.2) is 65.5 Å². The van der Waals surface area contributed by atoms with E-state index in [0.29, 0.717) is 5.69 Å². The van der Waals surface area contributed by atoms with Crippen LogP contribution in [0.1, 0.15) is 20.8 Å². The van der Waals surface area contributed by atoms with Crippen LogP contribution in [0.3, 0.4) is 0 Å². The van der Waals surface area contributed by atoms with Crippen LogP contribution >= 0.6 is 0 Å². The molecule has 7 nitrogen and oxygen atoms in total. The zero-order valence-corrected chi connectivity index (χ0v) is 15.1. The zero-order chi connectivity index (χ0) is 20.8. The Bertz CT molecular complexity index is 1160. The summed E-state index contributed by atoms with van der Waals surface area (Å²) in [6, 6.07) is 13.9. The van der Waals surface area contributed by atoms with E-state index in [4.69, 9.17) is 6.42 Å². The molecule has 29 heavy (non-hydrogen) atoms. The van der Waals surface area contributed by atoms with Gasteiger partial charge in [-0.2, -0.15) is 9.78 Å². The summed E-state index contributed by atoms with van der Waals surface area (Å²) >= 11 is 0. The van der Waals surface area contributed by atoms with Crippen molar-refractivity contribution in [1.29, 1.82) is 0 Å². The van der Waals surface area contributed by atoms with Gasteiger partial charge in [0.15, 0.2) is 0 Å². The van der Waals surface area contributed by atoms with Crippen molar-refractivity contribution in [2.75, 3.05) is 11.9 Å². The van der Waals surface area contributed by atoms with Gasteiger partial charge in [-0.25, -0.2) is 4.39 Å². The quantitative estimate of drug-likeness (QED) is 0.652. The van der Waals surface area contributed by atoms with Crippen molar-refractivity contribution in [3.8, 4) is 18.0 Å². The van der Waals surface area contributed by atoms with Gasteiger partial charge in [0.1, 0.15) is 11.5 Å². The third-order valence-electron chi connectivity index (χ3n) is 3.88. The van der Waals surface area contributed by atoms with E-state index in [9.17, 15) is 18.8 Å². The highest BCUT2D eigenvalue weighted by molar-refractivity contribution is 6.08. The van der Waals surface area contributed by atoms with E-state index in [2.05, 4.69) is 21.7 Å². The number of aromatic nitrogens is 2. The number of nitrogens with zero attached hydrogens (tertiary/aromatic N) is 2. The van der Waals surface area contributed by atoms with E-state index in [1.807, 2.05) is 0 Å². The molecule has 2 amide bonds. The third kappa shape index (κ3) is 4.54. The molecule has 0 aliphatic rings. The van der Waals surface area contributed by atoms with Gasteiger partial charge in [0.2, 0.25) is 0 Å². The number of carbonyl (C=O) groups is 2. The number of halogens is 1. The molecule has 0 aliphatic carbocycles. The Balaban J connectivity index is 1.88. The summed E-state index contributed by atoms with van der Waals surface area (Å²) in [6.45, 7) is 0.0469. The Kier molecular flexibility index (Phi) is 5.80. The van der Waals surface area contributed by atoms with Gasteiger partial charge in [0.05, 0.1) is 23.5 Å². The van der Waals surface area contributed by atoms with Crippen molar-refractivity contribution in [2.45, 2.75) is 0 Å². The number of nitrogens with one attached hydrogen (secondary N) is 2. The first-order valence-electron chi connectivity index (χ1n) is 8.48. The maximum Gasteiger partial charge on any atom is 0.276 e. The maximum absolute atomic E-state index is 13.1. The molecule has 144 valence electrons. The number of rotatable bonds is 5. The first kappa shape index (κ1) is 19.5. The summed E-state index contributed by atoms with van der Waals surface area (Å²) in [5, 5.41) is 9.16. The molecule has 2 aromatic carbocycles. The minimum atomic E-state index is -0.627. The SMILES string of the molecule is C#CCNC(=O)c1ccccc1NC(=O)c1ccc(=O)n(-c2ccc(F)cc2)n1. The fraction of sp³-hybridized carbons (Fsp3) is 0.0476. The van der Waals surface area contributed by atoms with Gasteiger partial charge in [-0.3, -0.25) is 14.4 Å². The smallest absolute Gasteiger partial charge is 0.276 e. The van der Waals surface area contributed by atoms with Gasteiger partial charge in [-0.1, -0.05) is 18.1 Å². The van der Waals surface area contributed by atoms with Crippen LogP contribution in [0.2, 0.25) is 0 Å². The van der Waals surface area contributed by atoms with Crippen molar-refractivity contribution in [2.24, 2.45) is 0 Å². The molecule has 0 saturated carbocycles. The molecule has 3 aromatic rings. The summed E-state index contributed by atoms with van der Waals surface area (Å²) in [6.07, 6.45) is 5.14. The van der Waals surface area contributed by atoms with Crippen LogP contribution in [0.25, 0.3) is 5.69 Å². The predicted octanol–water partition coefficient (Wildman–Crippen LogP) is 1.99. The molecule has 0 aliphatic heterocycles. The number of anilines is 1. The summed E-state index contributed by atoms with van der Waals surface area (Å²) in [7, 11) is 0. The van der Waals surface area contributed by atoms with E-state index < -0.39 is 23.2 Å². The van der Waals surface area contributed by atoms with Crippen LogP contribution in [-0.4, -0.2) is 28.1 Å². The first-order valence-corrected chi connectivity index (χ1v) is 8.48. The molecule has 1 aromatic heterocycles. The first-order chi connectivity index (χ1) is 14.0. The van der Waals surface area contributed by atoms with E-state index in [0.717, 1.165) is 4.68 Å². The van der Waals surface area contributed by atoms with Crippen molar-refractivity contribution in [1.82, 2.24) is 15.1 Å². The largest absolute Gasteiger partial charge is 0.341 e. The second-order valence-electron chi connectivity index (χ2n) is 5.83. The fourth-order valence-electron chi connectivity index (χ4n) is 2.50. The average molecular weight is 390 g/mol. The molecular weight excluding hydrogens is 375 g/mol. The van der Waals surface area contributed by atoms with Crippen LogP contribution in [0.4, 0.5) is 10.1 Å². The average Bonchev–Trinajstić information content (AvgIpc) is 2.73. The van der Waals surface area contributed by atoms with Crippen molar-refractivity contribution < 1.29 is 14.0 Å². The van der Waals surface area contributed by atoms with E-state index in [1.165, 1.54) is 42.5 Å². The standard InChI is InChI=1S/C21H15FN4O3/c1-2-13-23-20(28)16-5-3-4-6-17(16)24-21(29)18-11-12-19(27)26(25-18)15-9-7-14(22)8-10-15/h1,3-12H,13H2,(H,23,28)(H,24,29). The van der Waals surface area contributed by atoms with Gasteiger partial charge in [0.25, 0.3) is 17.4 Å². The fourth-order valence-corrected chi connectivity index (χ4v) is 2.50.